The van der Waals surface area contributed by atoms with Gasteiger partial charge in [0.05, 0.1) is 18.1 Å². The van der Waals surface area contributed by atoms with Crippen molar-refractivity contribution < 1.29 is 25.6 Å². The minimum Gasteiger partial charge on any atom is -0.286 e. The average molecular weight is 232 g/mol. The maximum atomic E-state index is 10.7. The maximum Gasteiger partial charge on any atom is 0.267 e. The van der Waals surface area contributed by atoms with Gasteiger partial charge in [0.2, 0.25) is 0 Å². The molecule has 0 saturated heterocycles. The molecule has 0 heterocycles. The molecule has 0 aromatic carbocycles. The van der Waals surface area contributed by atoms with Crippen molar-refractivity contribution in [2.45, 2.75) is 13.3 Å². The Morgan fingerprint density at radius 2 is 1.77 bits per heavy atom. The molecule has 6 nitrogen and oxygen atoms in total. The van der Waals surface area contributed by atoms with Crippen molar-refractivity contribution in [2.24, 2.45) is 0 Å². The van der Waals surface area contributed by atoms with Gasteiger partial charge in [-0.05, 0) is 13.3 Å². The minimum absolute atomic E-state index is 0.0436. The SMILES string of the molecule is CCS(=O)(=O)OCCCS(=O)(=O)O. The quantitative estimate of drug-likeness (QED) is 0.381. The molecule has 0 bridgehead atoms. The van der Waals surface area contributed by atoms with Crippen LogP contribution in [0.3, 0.4) is 0 Å². The molecule has 13 heavy (non-hydrogen) atoms. The highest BCUT2D eigenvalue weighted by molar-refractivity contribution is 7.86. The lowest BCUT2D eigenvalue weighted by Crippen LogP contribution is -2.12. The molecular formula is C5H12O6S2. The van der Waals surface area contributed by atoms with Crippen molar-refractivity contribution in [2.75, 3.05) is 18.1 Å². The summed E-state index contributed by atoms with van der Waals surface area (Å²) in [7, 11) is -7.54. The lowest BCUT2D eigenvalue weighted by Gasteiger charge is -2.01. The van der Waals surface area contributed by atoms with Crippen molar-refractivity contribution in [3.05, 3.63) is 0 Å². The fraction of sp³-hybridized carbons (Fsp3) is 1.00. The average Bonchev–Trinajstić information content (AvgIpc) is 1.97. The Hall–Kier alpha value is -0.180. The first kappa shape index (κ1) is 12.8. The number of rotatable bonds is 6. The fourth-order valence-electron chi connectivity index (χ4n) is 0.511. The maximum absolute atomic E-state index is 10.7. The van der Waals surface area contributed by atoms with Gasteiger partial charge in [-0.25, -0.2) is 0 Å². The fourth-order valence-corrected chi connectivity index (χ4v) is 1.53. The Balaban J connectivity index is 3.71. The summed E-state index contributed by atoms with van der Waals surface area (Å²) in [6.45, 7) is 1.19. The summed E-state index contributed by atoms with van der Waals surface area (Å²) < 4.78 is 54.4. The largest absolute Gasteiger partial charge is 0.286 e. The molecule has 0 aliphatic rings. The van der Waals surface area contributed by atoms with Crippen molar-refractivity contribution in [3.63, 3.8) is 0 Å². The lowest BCUT2D eigenvalue weighted by atomic mass is 10.5. The van der Waals surface area contributed by atoms with Crippen molar-refractivity contribution in [3.8, 4) is 0 Å². The molecule has 0 atom stereocenters. The zero-order chi connectivity index (χ0) is 10.5. The highest BCUT2D eigenvalue weighted by Crippen LogP contribution is 1.95. The summed E-state index contributed by atoms with van der Waals surface area (Å²) in [5.41, 5.74) is 0. The zero-order valence-electron chi connectivity index (χ0n) is 7.13. The van der Waals surface area contributed by atoms with Gasteiger partial charge >= 0.3 is 0 Å². The summed E-state index contributed by atoms with van der Waals surface area (Å²) in [6, 6.07) is 0. The van der Waals surface area contributed by atoms with Gasteiger partial charge in [-0.1, -0.05) is 0 Å². The molecule has 0 aliphatic heterocycles. The predicted octanol–water partition coefficient (Wildman–Crippen LogP) is -0.369. The van der Waals surface area contributed by atoms with E-state index in [-0.39, 0.29) is 18.8 Å². The third-order valence-corrected chi connectivity index (χ3v) is 3.20. The van der Waals surface area contributed by atoms with Crippen LogP contribution in [0, 0.1) is 0 Å². The summed E-state index contributed by atoms with van der Waals surface area (Å²) in [5.74, 6) is -0.648. The first-order valence-electron chi connectivity index (χ1n) is 3.59. The van der Waals surface area contributed by atoms with Crippen LogP contribution < -0.4 is 0 Å². The molecule has 0 spiro atoms. The van der Waals surface area contributed by atoms with E-state index in [4.69, 9.17) is 4.55 Å². The van der Waals surface area contributed by atoms with E-state index < -0.39 is 26.0 Å². The summed E-state index contributed by atoms with van der Waals surface area (Å²) in [6.07, 6.45) is -0.0436. The van der Waals surface area contributed by atoms with E-state index in [1.807, 2.05) is 0 Å². The molecule has 8 heteroatoms. The van der Waals surface area contributed by atoms with Crippen LogP contribution in [0.5, 0.6) is 0 Å². The van der Waals surface area contributed by atoms with Crippen LogP contribution in [-0.2, 0) is 24.4 Å². The second-order valence-electron chi connectivity index (χ2n) is 2.31. The van der Waals surface area contributed by atoms with E-state index in [0.717, 1.165) is 0 Å². The molecule has 0 amide bonds. The summed E-state index contributed by atoms with van der Waals surface area (Å²) >= 11 is 0. The molecule has 0 unspecified atom stereocenters. The highest BCUT2D eigenvalue weighted by Gasteiger charge is 2.09. The lowest BCUT2D eigenvalue weighted by molar-refractivity contribution is 0.317. The van der Waals surface area contributed by atoms with E-state index in [1.165, 1.54) is 6.92 Å². The Morgan fingerprint density at radius 1 is 1.23 bits per heavy atom. The van der Waals surface area contributed by atoms with Crippen LogP contribution in [0.15, 0.2) is 0 Å². The third-order valence-electron chi connectivity index (χ3n) is 1.16. The van der Waals surface area contributed by atoms with Gasteiger partial charge in [-0.3, -0.25) is 8.74 Å². The molecule has 1 N–H and O–H groups in total. The van der Waals surface area contributed by atoms with E-state index >= 15 is 0 Å². The van der Waals surface area contributed by atoms with Crippen molar-refractivity contribution >= 4 is 20.2 Å². The molecule has 0 aliphatic carbocycles. The van der Waals surface area contributed by atoms with E-state index in [2.05, 4.69) is 4.18 Å². The molecular weight excluding hydrogens is 220 g/mol. The second kappa shape index (κ2) is 4.89. The van der Waals surface area contributed by atoms with Crippen LogP contribution in [0.25, 0.3) is 0 Å². The van der Waals surface area contributed by atoms with E-state index in [9.17, 15) is 16.8 Å². The normalized spacial score (nSPS) is 13.1. The van der Waals surface area contributed by atoms with Gasteiger partial charge in [-0.2, -0.15) is 16.8 Å². The van der Waals surface area contributed by atoms with Crippen LogP contribution in [0.1, 0.15) is 13.3 Å². The minimum atomic E-state index is -4.02. The highest BCUT2D eigenvalue weighted by atomic mass is 32.2. The van der Waals surface area contributed by atoms with Gasteiger partial charge in [-0.15, -0.1) is 0 Å². The van der Waals surface area contributed by atoms with Crippen LogP contribution in [-0.4, -0.2) is 39.5 Å². The molecule has 0 fully saturated rings. The smallest absolute Gasteiger partial charge is 0.267 e. The van der Waals surface area contributed by atoms with Gasteiger partial charge in [0.15, 0.2) is 0 Å². The predicted molar refractivity (Wildman–Crippen MR) is 46.4 cm³/mol. The Labute approximate surface area is 77.8 Å². The zero-order valence-corrected chi connectivity index (χ0v) is 8.77. The van der Waals surface area contributed by atoms with Gasteiger partial charge in [0.25, 0.3) is 20.2 Å². The second-order valence-corrected chi connectivity index (χ2v) is 5.81. The van der Waals surface area contributed by atoms with E-state index in [0.29, 0.717) is 0 Å². The van der Waals surface area contributed by atoms with Gasteiger partial charge in [0, 0.05) is 0 Å². The van der Waals surface area contributed by atoms with Crippen molar-refractivity contribution in [1.82, 2.24) is 0 Å². The van der Waals surface area contributed by atoms with Crippen LogP contribution in [0.4, 0.5) is 0 Å². The Kier molecular flexibility index (Phi) is 4.82. The molecule has 0 aromatic rings. The first-order chi connectivity index (χ1) is 5.77. The molecule has 80 valence electrons. The topological polar surface area (TPSA) is 97.7 Å². The van der Waals surface area contributed by atoms with Crippen LogP contribution >= 0.6 is 0 Å². The van der Waals surface area contributed by atoms with Gasteiger partial charge < -0.3 is 0 Å². The molecule has 0 radical (unpaired) electrons. The molecule has 0 rings (SSSR count). The number of hydrogen-bond acceptors (Lipinski definition) is 5. The van der Waals surface area contributed by atoms with E-state index in [1.54, 1.807) is 0 Å². The standard InChI is InChI=1S/C5H12O6S2/c1-2-13(9,10)11-4-3-5-12(6,7)8/h2-5H2,1H3,(H,6,7,8). The Bertz CT molecular complexity index is 326. The molecule has 0 aromatic heterocycles. The van der Waals surface area contributed by atoms with Gasteiger partial charge in [0.1, 0.15) is 0 Å². The summed E-state index contributed by atoms with van der Waals surface area (Å²) in [4.78, 5) is 0. The third kappa shape index (κ3) is 8.16. The first-order valence-corrected chi connectivity index (χ1v) is 6.78. The van der Waals surface area contributed by atoms with Crippen molar-refractivity contribution in [1.29, 1.82) is 0 Å². The number of hydrogen-bond donors (Lipinski definition) is 1. The molecule has 0 saturated carbocycles. The van der Waals surface area contributed by atoms with Crippen LogP contribution in [0.2, 0.25) is 0 Å². The monoisotopic (exact) mass is 232 g/mol. The Morgan fingerprint density at radius 3 is 2.15 bits per heavy atom. The summed E-state index contributed by atoms with van der Waals surface area (Å²) in [5, 5.41) is 0.